The molecule has 1 aromatic carbocycles. The van der Waals surface area contributed by atoms with Crippen molar-refractivity contribution < 1.29 is 0 Å². The van der Waals surface area contributed by atoms with E-state index >= 15 is 0 Å². The van der Waals surface area contributed by atoms with E-state index in [9.17, 15) is 0 Å². The molecule has 1 heteroatoms. The number of nitrogens with zero attached hydrogens (tertiary/aromatic N) is 1. The van der Waals surface area contributed by atoms with Gasteiger partial charge in [0.15, 0.2) is 0 Å². The van der Waals surface area contributed by atoms with E-state index in [0.717, 1.165) is 6.42 Å². The van der Waals surface area contributed by atoms with E-state index in [4.69, 9.17) is 0 Å². The fourth-order valence-electron chi connectivity index (χ4n) is 3.00. The highest BCUT2D eigenvalue weighted by Gasteiger charge is 2.35. The van der Waals surface area contributed by atoms with Gasteiger partial charge < -0.3 is 4.90 Å². The lowest BCUT2D eigenvalue weighted by Crippen LogP contribution is -2.38. The second kappa shape index (κ2) is 4.06. The number of para-hydroxylation sites is 1. The first-order valence-electron chi connectivity index (χ1n) is 6.57. The van der Waals surface area contributed by atoms with E-state index in [-0.39, 0.29) is 0 Å². The molecule has 88 valence electrons. The topological polar surface area (TPSA) is 3.24 Å². The highest BCUT2D eigenvalue weighted by molar-refractivity contribution is 5.89. The van der Waals surface area contributed by atoms with Crippen LogP contribution < -0.4 is 4.90 Å². The lowest BCUT2D eigenvalue weighted by molar-refractivity contribution is 0.585. The van der Waals surface area contributed by atoms with Crippen molar-refractivity contribution in [3.63, 3.8) is 0 Å². The molecule has 2 atom stereocenters. The van der Waals surface area contributed by atoms with Crippen molar-refractivity contribution in [3.8, 4) is 0 Å². The first-order chi connectivity index (χ1) is 8.33. The molecule has 0 fully saturated rings. The Balaban J connectivity index is 2.12. The lowest BCUT2D eigenvalue weighted by Gasteiger charge is -2.33. The monoisotopic (exact) mass is 225 g/mol. The third-order valence-corrected chi connectivity index (χ3v) is 4.02. The molecule has 1 aliphatic heterocycles. The predicted octanol–water partition coefficient (Wildman–Crippen LogP) is 4.02. The number of benzene rings is 1. The smallest absolute Gasteiger partial charge is 0.0586 e. The van der Waals surface area contributed by atoms with Gasteiger partial charge in [-0.25, -0.2) is 0 Å². The molecular formula is C16H19N. The van der Waals surface area contributed by atoms with E-state index in [1.165, 1.54) is 23.2 Å². The van der Waals surface area contributed by atoms with Crippen molar-refractivity contribution >= 4 is 11.3 Å². The maximum atomic E-state index is 2.60. The third kappa shape index (κ3) is 1.53. The van der Waals surface area contributed by atoms with Gasteiger partial charge in [-0.2, -0.15) is 0 Å². The summed E-state index contributed by atoms with van der Waals surface area (Å²) in [6.45, 7) is 4.60. The van der Waals surface area contributed by atoms with Gasteiger partial charge in [-0.1, -0.05) is 43.4 Å². The zero-order valence-electron chi connectivity index (χ0n) is 10.6. The maximum absolute atomic E-state index is 2.60. The minimum absolute atomic E-state index is 0.562. The van der Waals surface area contributed by atoms with Gasteiger partial charge in [-0.15, -0.1) is 0 Å². The Kier molecular flexibility index (Phi) is 2.54. The van der Waals surface area contributed by atoms with E-state index < -0.39 is 0 Å². The summed E-state index contributed by atoms with van der Waals surface area (Å²) in [5.74, 6) is 0. The minimum Gasteiger partial charge on any atom is -0.361 e. The molecule has 0 N–H and O–H groups in total. The Morgan fingerprint density at radius 2 is 2.18 bits per heavy atom. The normalized spacial score (nSPS) is 23.1. The maximum Gasteiger partial charge on any atom is 0.0586 e. The molecule has 0 saturated heterocycles. The second-order valence-electron chi connectivity index (χ2n) is 4.98. The SMILES string of the molecule is CCC(C)N1c2ccccc2C2=CC=CCC21. The summed E-state index contributed by atoms with van der Waals surface area (Å²) in [6, 6.07) is 10.00. The standard InChI is InChI=1S/C16H19N/c1-3-12(2)17-15-10-6-4-8-13(15)14-9-5-7-11-16(14)17/h4-10,12,16H,3,11H2,1-2H3. The van der Waals surface area contributed by atoms with Gasteiger partial charge in [0, 0.05) is 17.3 Å². The van der Waals surface area contributed by atoms with Crippen LogP contribution in [0.3, 0.4) is 0 Å². The Bertz CT molecular complexity index is 484. The van der Waals surface area contributed by atoms with Crippen LogP contribution in [-0.2, 0) is 0 Å². The average molecular weight is 225 g/mol. The molecule has 0 bridgehead atoms. The number of anilines is 1. The summed E-state index contributed by atoms with van der Waals surface area (Å²) < 4.78 is 0. The fourth-order valence-corrected chi connectivity index (χ4v) is 3.00. The molecule has 2 unspecified atom stereocenters. The van der Waals surface area contributed by atoms with Crippen LogP contribution in [-0.4, -0.2) is 12.1 Å². The highest BCUT2D eigenvalue weighted by atomic mass is 15.2. The van der Waals surface area contributed by atoms with Crippen LogP contribution in [0.2, 0.25) is 0 Å². The van der Waals surface area contributed by atoms with E-state index in [0.29, 0.717) is 12.1 Å². The zero-order valence-corrected chi connectivity index (χ0v) is 10.6. The van der Waals surface area contributed by atoms with Crippen LogP contribution in [0.25, 0.3) is 5.57 Å². The Labute approximate surface area is 103 Å². The van der Waals surface area contributed by atoms with E-state index in [2.05, 4.69) is 61.2 Å². The summed E-state index contributed by atoms with van der Waals surface area (Å²) in [7, 11) is 0. The molecule has 1 aromatic rings. The quantitative estimate of drug-likeness (QED) is 0.735. The fraction of sp³-hybridized carbons (Fsp3) is 0.375. The van der Waals surface area contributed by atoms with Crippen LogP contribution in [0.4, 0.5) is 5.69 Å². The van der Waals surface area contributed by atoms with Gasteiger partial charge in [0.2, 0.25) is 0 Å². The molecule has 1 aliphatic carbocycles. The van der Waals surface area contributed by atoms with Gasteiger partial charge in [-0.05, 0) is 31.4 Å². The van der Waals surface area contributed by atoms with Crippen LogP contribution in [0.5, 0.6) is 0 Å². The number of rotatable bonds is 2. The lowest BCUT2D eigenvalue weighted by atomic mass is 9.96. The Morgan fingerprint density at radius 3 is 3.00 bits per heavy atom. The summed E-state index contributed by atoms with van der Waals surface area (Å²) in [4.78, 5) is 2.60. The molecule has 0 amide bonds. The van der Waals surface area contributed by atoms with Gasteiger partial charge >= 0.3 is 0 Å². The highest BCUT2D eigenvalue weighted by Crippen LogP contribution is 2.44. The summed E-state index contributed by atoms with van der Waals surface area (Å²) in [6.07, 6.45) is 9.11. The average Bonchev–Trinajstić information content (AvgIpc) is 2.72. The van der Waals surface area contributed by atoms with Gasteiger partial charge in [-0.3, -0.25) is 0 Å². The van der Waals surface area contributed by atoms with Crippen LogP contribution in [0.1, 0.15) is 32.3 Å². The molecule has 0 radical (unpaired) electrons. The van der Waals surface area contributed by atoms with E-state index in [1.54, 1.807) is 0 Å². The minimum atomic E-state index is 0.562. The van der Waals surface area contributed by atoms with Crippen molar-refractivity contribution in [2.24, 2.45) is 0 Å². The molecule has 1 heterocycles. The molecule has 0 saturated carbocycles. The molecule has 0 aromatic heterocycles. The molecule has 3 rings (SSSR count). The number of fused-ring (bicyclic) bond motifs is 3. The molecule has 0 spiro atoms. The largest absolute Gasteiger partial charge is 0.361 e. The first kappa shape index (κ1) is 10.6. The summed E-state index contributed by atoms with van der Waals surface area (Å²) in [5, 5.41) is 0. The van der Waals surface area contributed by atoms with Crippen LogP contribution in [0.15, 0.2) is 42.5 Å². The molecular weight excluding hydrogens is 206 g/mol. The number of hydrogen-bond donors (Lipinski definition) is 0. The Hall–Kier alpha value is -1.50. The molecule has 1 nitrogen and oxygen atoms in total. The summed E-state index contributed by atoms with van der Waals surface area (Å²) >= 11 is 0. The van der Waals surface area contributed by atoms with E-state index in [1.807, 2.05) is 0 Å². The van der Waals surface area contributed by atoms with Gasteiger partial charge in [0.05, 0.1) is 6.04 Å². The van der Waals surface area contributed by atoms with Crippen molar-refractivity contribution in [1.29, 1.82) is 0 Å². The second-order valence-corrected chi connectivity index (χ2v) is 4.98. The van der Waals surface area contributed by atoms with Gasteiger partial charge in [0.25, 0.3) is 0 Å². The molecule has 17 heavy (non-hydrogen) atoms. The van der Waals surface area contributed by atoms with Crippen LogP contribution >= 0.6 is 0 Å². The van der Waals surface area contributed by atoms with Crippen molar-refractivity contribution in [3.05, 3.63) is 48.1 Å². The number of hydrogen-bond acceptors (Lipinski definition) is 1. The number of allylic oxidation sites excluding steroid dienone is 2. The molecule has 2 aliphatic rings. The summed E-state index contributed by atoms with van der Waals surface area (Å²) in [5.41, 5.74) is 4.35. The van der Waals surface area contributed by atoms with Crippen molar-refractivity contribution in [1.82, 2.24) is 0 Å². The zero-order chi connectivity index (χ0) is 11.8. The van der Waals surface area contributed by atoms with Crippen molar-refractivity contribution in [2.45, 2.75) is 38.8 Å². The predicted molar refractivity (Wildman–Crippen MR) is 74.2 cm³/mol. The third-order valence-electron chi connectivity index (χ3n) is 4.02. The van der Waals surface area contributed by atoms with Crippen molar-refractivity contribution in [2.75, 3.05) is 4.90 Å². The Morgan fingerprint density at radius 1 is 1.35 bits per heavy atom. The first-order valence-corrected chi connectivity index (χ1v) is 6.57. The van der Waals surface area contributed by atoms with Crippen LogP contribution in [0, 0.1) is 0 Å². The van der Waals surface area contributed by atoms with Gasteiger partial charge in [0.1, 0.15) is 0 Å².